The summed E-state index contributed by atoms with van der Waals surface area (Å²) in [7, 11) is 0. The van der Waals surface area contributed by atoms with Crippen LogP contribution in [0, 0.1) is 0 Å². The highest BCUT2D eigenvalue weighted by Gasteiger charge is 2.10. The zero-order chi connectivity index (χ0) is 16.7. The summed E-state index contributed by atoms with van der Waals surface area (Å²) in [6, 6.07) is 7.43. The summed E-state index contributed by atoms with van der Waals surface area (Å²) in [5.41, 5.74) is 1.09. The minimum absolute atomic E-state index is 0.0607. The summed E-state index contributed by atoms with van der Waals surface area (Å²) in [4.78, 5) is 19.2. The van der Waals surface area contributed by atoms with Crippen LogP contribution in [-0.2, 0) is 0 Å². The lowest BCUT2D eigenvalue weighted by molar-refractivity contribution is -0.0497. The first-order valence-electron chi connectivity index (χ1n) is 6.89. The molecule has 0 saturated heterocycles. The number of nitrogens with one attached hydrogen (secondary N) is 1. The van der Waals surface area contributed by atoms with E-state index >= 15 is 0 Å². The van der Waals surface area contributed by atoms with Crippen LogP contribution in [0.4, 0.5) is 8.78 Å². The number of H-pyrrole nitrogens is 1. The van der Waals surface area contributed by atoms with Gasteiger partial charge in [0.25, 0.3) is 5.56 Å². The Kier molecular flexibility index (Phi) is 3.19. The fourth-order valence-electron chi connectivity index (χ4n) is 2.40. The van der Waals surface area contributed by atoms with Crippen LogP contribution in [0.1, 0.15) is 0 Å². The van der Waals surface area contributed by atoms with Crippen molar-refractivity contribution in [2.75, 3.05) is 0 Å². The highest BCUT2D eigenvalue weighted by molar-refractivity contribution is 5.81. The Bertz CT molecular complexity index is 1110. The molecule has 0 amide bonds. The number of ether oxygens (including phenoxy) is 1. The molecule has 0 atom stereocenters. The van der Waals surface area contributed by atoms with E-state index in [0.717, 1.165) is 0 Å². The molecule has 9 heteroatoms. The van der Waals surface area contributed by atoms with Crippen molar-refractivity contribution in [1.82, 2.24) is 24.6 Å². The first-order valence-corrected chi connectivity index (χ1v) is 6.89. The topological polar surface area (TPSA) is 85.2 Å². The zero-order valence-electron chi connectivity index (χ0n) is 12.0. The summed E-state index contributed by atoms with van der Waals surface area (Å²) in [5.74, 6) is 0.238. The van der Waals surface area contributed by atoms with Crippen LogP contribution in [0.3, 0.4) is 0 Å². The minimum atomic E-state index is -2.95. The Hall–Kier alpha value is -3.36. The van der Waals surface area contributed by atoms with Gasteiger partial charge in [0, 0.05) is 17.8 Å². The van der Waals surface area contributed by atoms with E-state index in [1.807, 2.05) is 0 Å². The Morgan fingerprint density at radius 2 is 2.08 bits per heavy atom. The molecule has 0 spiro atoms. The Morgan fingerprint density at radius 1 is 1.21 bits per heavy atom. The maximum atomic E-state index is 12.3. The largest absolute Gasteiger partial charge is 0.435 e. The average Bonchev–Trinajstić information content (AvgIpc) is 3.01. The van der Waals surface area contributed by atoms with Gasteiger partial charge in [-0.1, -0.05) is 0 Å². The predicted octanol–water partition coefficient (Wildman–Crippen LogP) is 2.23. The van der Waals surface area contributed by atoms with Crippen LogP contribution in [0.5, 0.6) is 5.75 Å². The van der Waals surface area contributed by atoms with Gasteiger partial charge in [-0.05, 0) is 24.3 Å². The third kappa shape index (κ3) is 2.45. The molecule has 0 unspecified atom stereocenters. The molecule has 0 aliphatic rings. The molecule has 0 fully saturated rings. The molecule has 0 radical (unpaired) electrons. The molecule has 3 heterocycles. The number of rotatable bonds is 3. The standard InChI is InChI=1S/C15H9F2N5O2/c16-15(17)24-9-1-2-10-11(6-9)19-13(20-14(10)23)8-3-4-22-7-18-21-12(22)5-8/h1-7,15H,(H,19,20,23). The molecule has 24 heavy (non-hydrogen) atoms. The van der Waals surface area contributed by atoms with E-state index < -0.39 is 6.61 Å². The lowest BCUT2D eigenvalue weighted by atomic mass is 10.2. The molecule has 0 aliphatic carbocycles. The van der Waals surface area contributed by atoms with E-state index in [4.69, 9.17) is 0 Å². The van der Waals surface area contributed by atoms with Crippen molar-refractivity contribution in [2.45, 2.75) is 6.61 Å². The van der Waals surface area contributed by atoms with E-state index in [-0.39, 0.29) is 22.2 Å². The van der Waals surface area contributed by atoms with E-state index in [2.05, 4.69) is 24.9 Å². The summed E-state index contributed by atoms with van der Waals surface area (Å²) < 4.78 is 30.7. The fraction of sp³-hybridized carbons (Fsp3) is 0.0667. The number of hydrogen-bond donors (Lipinski definition) is 1. The number of halogens is 2. The van der Waals surface area contributed by atoms with Gasteiger partial charge < -0.3 is 9.72 Å². The van der Waals surface area contributed by atoms with Crippen LogP contribution in [0.15, 0.2) is 47.7 Å². The molecular formula is C15H9F2N5O2. The highest BCUT2D eigenvalue weighted by Crippen LogP contribution is 2.21. The highest BCUT2D eigenvalue weighted by atomic mass is 19.3. The quantitative estimate of drug-likeness (QED) is 0.623. The van der Waals surface area contributed by atoms with Crippen LogP contribution < -0.4 is 10.3 Å². The number of alkyl halides is 2. The second-order valence-corrected chi connectivity index (χ2v) is 4.98. The summed E-state index contributed by atoms with van der Waals surface area (Å²) in [5, 5.41) is 7.98. The molecule has 1 N–H and O–H groups in total. The number of benzene rings is 1. The zero-order valence-corrected chi connectivity index (χ0v) is 12.0. The molecule has 0 saturated carbocycles. The van der Waals surface area contributed by atoms with Crippen molar-refractivity contribution in [1.29, 1.82) is 0 Å². The first-order chi connectivity index (χ1) is 11.6. The van der Waals surface area contributed by atoms with Gasteiger partial charge in [0.1, 0.15) is 17.9 Å². The van der Waals surface area contributed by atoms with Crippen LogP contribution >= 0.6 is 0 Å². The summed E-state index contributed by atoms with van der Waals surface area (Å²) in [6.07, 6.45) is 3.27. The molecular weight excluding hydrogens is 320 g/mol. The van der Waals surface area contributed by atoms with Crippen LogP contribution in [0.25, 0.3) is 27.9 Å². The van der Waals surface area contributed by atoms with Gasteiger partial charge in [-0.15, -0.1) is 10.2 Å². The smallest absolute Gasteiger partial charge is 0.387 e. The van der Waals surface area contributed by atoms with Crippen molar-refractivity contribution < 1.29 is 13.5 Å². The van der Waals surface area contributed by atoms with Crippen molar-refractivity contribution in [3.63, 3.8) is 0 Å². The molecule has 0 bridgehead atoms. The van der Waals surface area contributed by atoms with Gasteiger partial charge in [0.15, 0.2) is 5.65 Å². The van der Waals surface area contributed by atoms with E-state index in [1.54, 1.807) is 29.1 Å². The third-order valence-corrected chi connectivity index (χ3v) is 3.48. The van der Waals surface area contributed by atoms with Crippen molar-refractivity contribution in [2.24, 2.45) is 0 Å². The molecule has 120 valence electrons. The number of nitrogens with zero attached hydrogens (tertiary/aromatic N) is 4. The maximum Gasteiger partial charge on any atom is 0.387 e. The Labute approximate surface area is 132 Å². The first kappa shape index (κ1) is 14.2. The maximum absolute atomic E-state index is 12.3. The molecule has 3 aromatic heterocycles. The third-order valence-electron chi connectivity index (χ3n) is 3.48. The van der Waals surface area contributed by atoms with Gasteiger partial charge in [-0.3, -0.25) is 9.20 Å². The Balaban J connectivity index is 1.87. The van der Waals surface area contributed by atoms with Crippen molar-refractivity contribution >= 4 is 16.6 Å². The van der Waals surface area contributed by atoms with Crippen molar-refractivity contribution in [3.8, 4) is 17.1 Å². The molecule has 7 nitrogen and oxygen atoms in total. The summed E-state index contributed by atoms with van der Waals surface area (Å²) >= 11 is 0. The van der Waals surface area contributed by atoms with Crippen molar-refractivity contribution in [3.05, 3.63) is 53.2 Å². The lowest BCUT2D eigenvalue weighted by Crippen LogP contribution is -2.10. The molecule has 1 aromatic carbocycles. The molecule has 4 aromatic rings. The van der Waals surface area contributed by atoms with E-state index in [0.29, 0.717) is 17.0 Å². The van der Waals surface area contributed by atoms with E-state index in [1.165, 1.54) is 18.2 Å². The van der Waals surface area contributed by atoms with E-state index in [9.17, 15) is 13.6 Å². The van der Waals surface area contributed by atoms with Gasteiger partial charge in [-0.2, -0.15) is 8.78 Å². The minimum Gasteiger partial charge on any atom is -0.435 e. The lowest BCUT2D eigenvalue weighted by Gasteiger charge is -2.07. The van der Waals surface area contributed by atoms with Crippen LogP contribution in [0.2, 0.25) is 0 Å². The summed E-state index contributed by atoms with van der Waals surface area (Å²) in [6.45, 7) is -2.95. The SMILES string of the molecule is O=c1[nH]c(-c2ccn3cnnc3c2)nc2cc(OC(F)F)ccc12. The van der Waals surface area contributed by atoms with Gasteiger partial charge in [0.05, 0.1) is 10.9 Å². The normalized spacial score (nSPS) is 11.5. The number of fused-ring (bicyclic) bond motifs is 2. The second kappa shape index (κ2) is 5.37. The van der Waals surface area contributed by atoms with Gasteiger partial charge >= 0.3 is 6.61 Å². The monoisotopic (exact) mass is 329 g/mol. The molecule has 0 aliphatic heterocycles. The molecule has 4 rings (SSSR count). The number of aromatic amines is 1. The number of aromatic nitrogens is 5. The van der Waals surface area contributed by atoms with Gasteiger partial charge in [-0.25, -0.2) is 4.98 Å². The Morgan fingerprint density at radius 3 is 2.92 bits per heavy atom. The predicted molar refractivity (Wildman–Crippen MR) is 81.0 cm³/mol. The second-order valence-electron chi connectivity index (χ2n) is 4.98. The number of pyridine rings is 1. The van der Waals surface area contributed by atoms with Crippen LogP contribution in [-0.4, -0.2) is 31.2 Å². The van der Waals surface area contributed by atoms with Gasteiger partial charge in [0.2, 0.25) is 0 Å². The number of hydrogen-bond acceptors (Lipinski definition) is 5. The average molecular weight is 329 g/mol. The fourth-order valence-corrected chi connectivity index (χ4v) is 2.40.